The van der Waals surface area contributed by atoms with E-state index in [2.05, 4.69) is 18.3 Å². The van der Waals surface area contributed by atoms with Crippen LogP contribution in [0.1, 0.15) is 50.6 Å². The first-order chi connectivity index (χ1) is 15.5. The van der Waals surface area contributed by atoms with Crippen LogP contribution in [0.25, 0.3) is 0 Å². The maximum atomic E-state index is 13.5. The Morgan fingerprint density at radius 3 is 2.45 bits per heavy atom. The van der Waals surface area contributed by atoms with Crippen LogP contribution in [0.3, 0.4) is 0 Å². The number of nitrogens with zero attached hydrogens (tertiary/aromatic N) is 2. The first-order valence-electron chi connectivity index (χ1n) is 11.3. The molecule has 0 saturated heterocycles. The van der Waals surface area contributed by atoms with Gasteiger partial charge in [0.2, 0.25) is 12.7 Å². The van der Waals surface area contributed by atoms with Crippen LogP contribution in [0.4, 0.5) is 4.79 Å². The molecule has 1 aliphatic heterocycles. The minimum absolute atomic E-state index is 0.0229. The van der Waals surface area contributed by atoms with Gasteiger partial charge in [0.05, 0.1) is 6.54 Å². The molecule has 1 aliphatic rings. The third kappa shape index (κ3) is 7.12. The summed E-state index contributed by atoms with van der Waals surface area (Å²) in [7, 11) is 0. The number of amides is 3. The molecule has 3 amide bonds. The fourth-order valence-corrected chi connectivity index (χ4v) is 4.48. The number of urea groups is 1. The number of hydrogen-bond donors (Lipinski definition) is 1. The predicted octanol–water partition coefficient (Wildman–Crippen LogP) is 4.78. The number of benzene rings is 1. The lowest BCUT2D eigenvalue weighted by Crippen LogP contribution is -2.52. The molecule has 0 saturated carbocycles. The predicted molar refractivity (Wildman–Crippen MR) is 131 cm³/mol. The van der Waals surface area contributed by atoms with E-state index in [-0.39, 0.29) is 36.7 Å². The molecule has 7 nitrogen and oxygen atoms in total. The van der Waals surface area contributed by atoms with Crippen molar-refractivity contribution < 1.29 is 19.1 Å². The second-order valence-electron chi connectivity index (χ2n) is 9.92. The summed E-state index contributed by atoms with van der Waals surface area (Å²) in [6.07, 6.45) is 0. The summed E-state index contributed by atoms with van der Waals surface area (Å²) in [6.45, 7) is 13.6. The Kier molecular flexibility index (Phi) is 7.89. The topological polar surface area (TPSA) is 71.1 Å². The lowest BCUT2D eigenvalue weighted by Gasteiger charge is -2.31. The standard InChI is InChI=1S/C25H35N3O4S/c1-17(2)12-28(24(30)26-25(4,5)6)15-23(29)27(14-22-18(3)9-10-33-22)13-19-7-8-20-21(11-19)32-16-31-20/h7-11,17H,12-16H2,1-6H3,(H,26,30). The van der Waals surface area contributed by atoms with Crippen LogP contribution >= 0.6 is 11.3 Å². The quantitative estimate of drug-likeness (QED) is 0.599. The molecule has 0 unspecified atom stereocenters. The Morgan fingerprint density at radius 1 is 1.09 bits per heavy atom. The molecule has 0 aliphatic carbocycles. The van der Waals surface area contributed by atoms with Crippen LogP contribution in [-0.4, -0.2) is 47.2 Å². The Hall–Kier alpha value is -2.74. The van der Waals surface area contributed by atoms with Crippen LogP contribution in [0, 0.1) is 12.8 Å². The smallest absolute Gasteiger partial charge is 0.318 e. The van der Waals surface area contributed by atoms with Gasteiger partial charge in [0, 0.05) is 23.5 Å². The highest BCUT2D eigenvalue weighted by molar-refractivity contribution is 7.10. The van der Waals surface area contributed by atoms with E-state index in [0.29, 0.717) is 31.1 Å². The van der Waals surface area contributed by atoms with Gasteiger partial charge in [0.15, 0.2) is 11.5 Å². The number of nitrogens with one attached hydrogen (secondary N) is 1. The molecule has 2 aromatic rings. The number of fused-ring (bicyclic) bond motifs is 1. The number of rotatable bonds is 8. The zero-order valence-electron chi connectivity index (χ0n) is 20.4. The van der Waals surface area contributed by atoms with Gasteiger partial charge < -0.3 is 24.6 Å². The van der Waals surface area contributed by atoms with Gasteiger partial charge in [0.25, 0.3) is 0 Å². The van der Waals surface area contributed by atoms with Crippen LogP contribution in [-0.2, 0) is 17.9 Å². The number of aryl methyl sites for hydroxylation is 1. The number of carbonyl (C=O) groups excluding carboxylic acids is 2. The summed E-state index contributed by atoms with van der Waals surface area (Å²) in [5, 5.41) is 5.03. The van der Waals surface area contributed by atoms with Crippen molar-refractivity contribution in [1.82, 2.24) is 15.1 Å². The van der Waals surface area contributed by atoms with Crippen molar-refractivity contribution in [1.29, 1.82) is 0 Å². The van der Waals surface area contributed by atoms with Crippen LogP contribution in [0.5, 0.6) is 11.5 Å². The number of thiophene rings is 1. The fraction of sp³-hybridized carbons (Fsp3) is 0.520. The number of carbonyl (C=O) groups is 2. The highest BCUT2D eigenvalue weighted by atomic mass is 32.1. The molecule has 0 spiro atoms. The molecule has 1 N–H and O–H groups in total. The maximum Gasteiger partial charge on any atom is 0.318 e. The van der Waals surface area contributed by atoms with E-state index < -0.39 is 0 Å². The average molecular weight is 474 g/mol. The van der Waals surface area contributed by atoms with Crippen LogP contribution in [0.2, 0.25) is 0 Å². The fourth-order valence-electron chi connectivity index (χ4n) is 3.55. The van der Waals surface area contributed by atoms with Crippen molar-refractivity contribution in [3.63, 3.8) is 0 Å². The molecule has 8 heteroatoms. The number of ether oxygens (including phenoxy) is 2. The Bertz CT molecular complexity index is 980. The molecule has 0 fully saturated rings. The lowest BCUT2D eigenvalue weighted by molar-refractivity contribution is -0.133. The molecular weight excluding hydrogens is 438 g/mol. The van der Waals surface area contributed by atoms with Crippen molar-refractivity contribution in [2.45, 2.75) is 60.2 Å². The van der Waals surface area contributed by atoms with E-state index in [1.165, 1.54) is 0 Å². The van der Waals surface area contributed by atoms with Gasteiger partial charge in [-0.3, -0.25) is 4.79 Å². The SMILES string of the molecule is Cc1ccsc1CN(Cc1ccc2c(c1)OCO2)C(=O)CN(CC(C)C)C(=O)NC(C)(C)C. The van der Waals surface area contributed by atoms with Crippen molar-refractivity contribution >= 4 is 23.3 Å². The van der Waals surface area contributed by atoms with Gasteiger partial charge in [-0.15, -0.1) is 11.3 Å². The molecule has 1 aromatic carbocycles. The molecule has 0 bridgehead atoms. The zero-order valence-corrected chi connectivity index (χ0v) is 21.3. The zero-order chi connectivity index (χ0) is 24.2. The Balaban J connectivity index is 1.80. The van der Waals surface area contributed by atoms with E-state index in [4.69, 9.17) is 9.47 Å². The van der Waals surface area contributed by atoms with Gasteiger partial charge in [-0.1, -0.05) is 19.9 Å². The first-order valence-corrected chi connectivity index (χ1v) is 12.2. The second kappa shape index (κ2) is 10.5. The summed E-state index contributed by atoms with van der Waals surface area (Å²) in [6, 6.07) is 7.58. The van der Waals surface area contributed by atoms with E-state index >= 15 is 0 Å². The van der Waals surface area contributed by atoms with Crippen molar-refractivity contribution in [2.24, 2.45) is 5.92 Å². The van der Waals surface area contributed by atoms with Gasteiger partial charge in [-0.05, 0) is 68.3 Å². The molecule has 1 aromatic heterocycles. The summed E-state index contributed by atoms with van der Waals surface area (Å²) in [4.78, 5) is 31.0. The molecule has 180 valence electrons. The van der Waals surface area contributed by atoms with E-state index in [1.54, 1.807) is 16.2 Å². The van der Waals surface area contributed by atoms with E-state index in [1.807, 2.05) is 63.1 Å². The monoisotopic (exact) mass is 473 g/mol. The molecule has 3 rings (SSSR count). The van der Waals surface area contributed by atoms with Crippen molar-refractivity contribution in [3.8, 4) is 11.5 Å². The van der Waals surface area contributed by atoms with Gasteiger partial charge in [-0.2, -0.15) is 0 Å². The minimum atomic E-state index is -0.379. The molecule has 33 heavy (non-hydrogen) atoms. The third-order valence-corrected chi connectivity index (χ3v) is 6.15. The minimum Gasteiger partial charge on any atom is -0.454 e. The summed E-state index contributed by atoms with van der Waals surface area (Å²) >= 11 is 1.64. The highest BCUT2D eigenvalue weighted by Crippen LogP contribution is 2.33. The Morgan fingerprint density at radius 2 is 1.82 bits per heavy atom. The van der Waals surface area contributed by atoms with E-state index in [0.717, 1.165) is 16.0 Å². The summed E-state index contributed by atoms with van der Waals surface area (Å²) in [5.41, 5.74) is 1.74. The molecular formula is C25H35N3O4S. The van der Waals surface area contributed by atoms with Crippen molar-refractivity contribution in [2.75, 3.05) is 19.9 Å². The van der Waals surface area contributed by atoms with Crippen LogP contribution in [0.15, 0.2) is 29.6 Å². The summed E-state index contributed by atoms with van der Waals surface area (Å²) < 4.78 is 10.9. The Labute approximate surface area is 200 Å². The van der Waals surface area contributed by atoms with Crippen molar-refractivity contribution in [3.05, 3.63) is 45.6 Å². The largest absolute Gasteiger partial charge is 0.454 e. The van der Waals surface area contributed by atoms with Gasteiger partial charge in [-0.25, -0.2) is 4.79 Å². The third-order valence-electron chi connectivity index (χ3n) is 5.15. The van der Waals surface area contributed by atoms with Crippen LogP contribution < -0.4 is 14.8 Å². The first kappa shape index (κ1) is 24.9. The normalized spacial score (nSPS) is 12.7. The average Bonchev–Trinajstić information content (AvgIpc) is 3.33. The molecule has 0 radical (unpaired) electrons. The van der Waals surface area contributed by atoms with E-state index in [9.17, 15) is 9.59 Å². The molecule has 2 heterocycles. The highest BCUT2D eigenvalue weighted by Gasteiger charge is 2.26. The molecule has 0 atom stereocenters. The maximum absolute atomic E-state index is 13.5. The van der Waals surface area contributed by atoms with Gasteiger partial charge in [0.1, 0.15) is 6.54 Å². The second-order valence-corrected chi connectivity index (χ2v) is 10.9. The van der Waals surface area contributed by atoms with Gasteiger partial charge >= 0.3 is 6.03 Å². The summed E-state index contributed by atoms with van der Waals surface area (Å²) in [5.74, 6) is 1.56. The lowest BCUT2D eigenvalue weighted by atomic mass is 10.1. The number of hydrogen-bond acceptors (Lipinski definition) is 5.